The second-order valence-electron chi connectivity index (χ2n) is 11.7. The third-order valence-corrected chi connectivity index (χ3v) is 8.87. The monoisotopic (exact) mass is 598 g/mol. The number of para-hydroxylation sites is 2. The molecule has 0 radical (unpaired) electrons. The Morgan fingerprint density at radius 2 is 1.72 bits per heavy atom. The summed E-state index contributed by atoms with van der Waals surface area (Å²) in [6, 6.07) is 17.4. The van der Waals surface area contributed by atoms with Crippen LogP contribution in [0, 0.1) is 12.8 Å². The van der Waals surface area contributed by atoms with Crippen molar-refractivity contribution in [3.8, 4) is 5.69 Å². The fraction of sp³-hybridized carbons (Fsp3) is 0.333. The van der Waals surface area contributed by atoms with Crippen LogP contribution in [0.4, 0.5) is 0 Å². The number of carbonyl (C=O) groups is 2. The Morgan fingerprint density at radius 1 is 1.00 bits per heavy atom. The minimum Gasteiger partial charge on any atom is -0.349 e. The van der Waals surface area contributed by atoms with Crippen LogP contribution in [0.1, 0.15) is 52.2 Å². The van der Waals surface area contributed by atoms with Gasteiger partial charge >= 0.3 is 5.69 Å². The van der Waals surface area contributed by atoms with Crippen molar-refractivity contribution in [3.05, 3.63) is 93.3 Å². The van der Waals surface area contributed by atoms with Gasteiger partial charge in [0.15, 0.2) is 0 Å². The summed E-state index contributed by atoms with van der Waals surface area (Å²) in [6.45, 7) is 2.41. The molecule has 1 aliphatic rings. The van der Waals surface area contributed by atoms with Crippen molar-refractivity contribution in [1.29, 1.82) is 0 Å². The molecule has 1 N–H and O–H groups in total. The summed E-state index contributed by atoms with van der Waals surface area (Å²) in [5, 5.41) is 4.49. The lowest BCUT2D eigenvalue weighted by Crippen LogP contribution is -2.39. The van der Waals surface area contributed by atoms with E-state index in [1.54, 1.807) is 42.7 Å². The van der Waals surface area contributed by atoms with Crippen molar-refractivity contribution in [2.24, 2.45) is 13.0 Å². The zero-order valence-corrected chi connectivity index (χ0v) is 25.6. The van der Waals surface area contributed by atoms with Crippen LogP contribution in [0.2, 0.25) is 5.02 Å². The molecule has 9 nitrogen and oxygen atoms in total. The number of fused-ring (bicyclic) bond motifs is 2. The van der Waals surface area contributed by atoms with E-state index in [0.29, 0.717) is 34.4 Å². The molecule has 0 bridgehead atoms. The molecule has 222 valence electrons. The maximum absolute atomic E-state index is 14.0. The Kier molecular flexibility index (Phi) is 7.60. The van der Waals surface area contributed by atoms with E-state index in [1.165, 1.54) is 0 Å². The molecule has 0 spiro atoms. The summed E-state index contributed by atoms with van der Waals surface area (Å²) < 4.78 is 5.54. The molecular formula is C33H35ClN6O3. The van der Waals surface area contributed by atoms with Crippen LogP contribution in [0.15, 0.2) is 65.6 Å². The van der Waals surface area contributed by atoms with Gasteiger partial charge in [-0.1, -0.05) is 23.7 Å². The molecule has 5 aromatic rings. The SMILES string of the molecule is Cc1ncc(Cl)cc1C(=O)N[C@H]1CC[C@H](Cn2c(=O)n(-c3ccc4c(c3)cc(C(=O)N(C)C)n4C)c3ccccc32)CC1. The van der Waals surface area contributed by atoms with Crippen LogP contribution < -0.4 is 11.0 Å². The van der Waals surface area contributed by atoms with E-state index in [1.807, 2.05) is 64.7 Å². The smallest absolute Gasteiger partial charge is 0.333 e. The molecule has 2 amide bonds. The van der Waals surface area contributed by atoms with Gasteiger partial charge in [-0.3, -0.25) is 23.7 Å². The topological polar surface area (TPSA) is 94.2 Å². The van der Waals surface area contributed by atoms with Gasteiger partial charge in [-0.25, -0.2) is 4.79 Å². The highest BCUT2D eigenvalue weighted by molar-refractivity contribution is 6.30. The van der Waals surface area contributed by atoms with Gasteiger partial charge in [-0.15, -0.1) is 0 Å². The van der Waals surface area contributed by atoms with Crippen molar-refractivity contribution in [1.82, 2.24) is 28.9 Å². The van der Waals surface area contributed by atoms with Crippen LogP contribution in [-0.2, 0) is 13.6 Å². The predicted molar refractivity (Wildman–Crippen MR) is 169 cm³/mol. The van der Waals surface area contributed by atoms with E-state index in [-0.39, 0.29) is 23.5 Å². The summed E-state index contributed by atoms with van der Waals surface area (Å²) in [5.41, 5.74) is 5.10. The van der Waals surface area contributed by atoms with Crippen LogP contribution in [0.5, 0.6) is 0 Å². The highest BCUT2D eigenvalue weighted by atomic mass is 35.5. The Bertz CT molecular complexity index is 1930. The summed E-state index contributed by atoms with van der Waals surface area (Å²) in [7, 11) is 5.36. The van der Waals surface area contributed by atoms with E-state index in [0.717, 1.165) is 53.3 Å². The van der Waals surface area contributed by atoms with E-state index in [4.69, 9.17) is 11.6 Å². The first-order valence-electron chi connectivity index (χ1n) is 14.6. The average molecular weight is 599 g/mol. The lowest BCUT2D eigenvalue weighted by molar-refractivity contribution is 0.0818. The largest absolute Gasteiger partial charge is 0.349 e. The number of imidazole rings is 1. The number of rotatable bonds is 6. The number of benzene rings is 2. The van der Waals surface area contributed by atoms with Crippen molar-refractivity contribution < 1.29 is 9.59 Å². The van der Waals surface area contributed by atoms with Crippen molar-refractivity contribution >= 4 is 45.4 Å². The number of pyridine rings is 1. The molecule has 2 aromatic carbocycles. The molecule has 0 atom stereocenters. The van der Waals surface area contributed by atoms with Crippen LogP contribution in [0.25, 0.3) is 27.6 Å². The standard InChI is InChI=1S/C33H35ClN6O3/c1-20-26(17-23(34)18-35-20)31(41)36-24-11-9-21(10-12-24)19-39-28-7-5-6-8-29(28)40(33(39)43)25-13-14-27-22(15-25)16-30(38(27)4)32(42)37(2)3/h5-8,13-18,21,24H,9-12,19H2,1-4H3,(H,36,41)/t21-,24-. The lowest BCUT2D eigenvalue weighted by atomic mass is 9.85. The highest BCUT2D eigenvalue weighted by Crippen LogP contribution is 2.29. The molecule has 3 heterocycles. The zero-order valence-electron chi connectivity index (χ0n) is 24.8. The fourth-order valence-corrected chi connectivity index (χ4v) is 6.45. The Hall–Kier alpha value is -4.37. The first-order chi connectivity index (χ1) is 20.6. The zero-order chi connectivity index (χ0) is 30.4. The molecule has 10 heteroatoms. The van der Waals surface area contributed by atoms with Gasteiger partial charge in [-0.05, 0) is 81.0 Å². The van der Waals surface area contributed by atoms with Gasteiger partial charge < -0.3 is 14.8 Å². The number of amides is 2. The van der Waals surface area contributed by atoms with E-state index in [9.17, 15) is 14.4 Å². The maximum Gasteiger partial charge on any atom is 0.333 e. The number of aryl methyl sites for hydroxylation is 2. The second-order valence-corrected chi connectivity index (χ2v) is 12.2. The molecule has 6 rings (SSSR count). The summed E-state index contributed by atoms with van der Waals surface area (Å²) in [5.74, 6) is 0.0969. The molecule has 3 aromatic heterocycles. The Morgan fingerprint density at radius 3 is 2.44 bits per heavy atom. The molecule has 1 fully saturated rings. The third-order valence-electron chi connectivity index (χ3n) is 8.67. The van der Waals surface area contributed by atoms with Gasteiger partial charge in [0, 0.05) is 50.8 Å². The Labute approximate surface area is 254 Å². The minimum atomic E-state index is -0.149. The maximum atomic E-state index is 14.0. The van der Waals surface area contributed by atoms with Crippen molar-refractivity contribution in [2.75, 3.05) is 14.1 Å². The molecular weight excluding hydrogens is 564 g/mol. The van der Waals surface area contributed by atoms with Crippen LogP contribution in [0.3, 0.4) is 0 Å². The van der Waals surface area contributed by atoms with Crippen molar-refractivity contribution in [3.63, 3.8) is 0 Å². The lowest BCUT2D eigenvalue weighted by Gasteiger charge is -2.29. The first-order valence-corrected chi connectivity index (χ1v) is 14.9. The molecule has 43 heavy (non-hydrogen) atoms. The molecule has 0 saturated heterocycles. The second kappa shape index (κ2) is 11.4. The van der Waals surface area contributed by atoms with Gasteiger partial charge in [-0.2, -0.15) is 0 Å². The summed E-state index contributed by atoms with van der Waals surface area (Å²) in [4.78, 5) is 45.3. The third kappa shape index (κ3) is 5.33. The highest BCUT2D eigenvalue weighted by Gasteiger charge is 2.26. The number of nitrogens with one attached hydrogen (secondary N) is 1. The average Bonchev–Trinajstić information content (AvgIpc) is 3.47. The number of hydrogen-bond donors (Lipinski definition) is 1. The van der Waals surface area contributed by atoms with Gasteiger partial charge in [0.2, 0.25) is 0 Å². The molecule has 0 unspecified atom stereocenters. The first kappa shape index (κ1) is 28.7. The number of aromatic nitrogens is 4. The van der Waals surface area contributed by atoms with E-state index in [2.05, 4.69) is 10.3 Å². The summed E-state index contributed by atoms with van der Waals surface area (Å²) >= 11 is 6.06. The number of nitrogens with zero attached hydrogens (tertiary/aromatic N) is 5. The molecule has 0 aliphatic heterocycles. The fourth-order valence-electron chi connectivity index (χ4n) is 6.29. The van der Waals surface area contributed by atoms with Gasteiger partial charge in [0.25, 0.3) is 11.8 Å². The molecule has 1 saturated carbocycles. The van der Waals surface area contributed by atoms with E-state index < -0.39 is 0 Å². The predicted octanol–water partition coefficient (Wildman–Crippen LogP) is 5.33. The minimum absolute atomic E-state index is 0.0695. The molecule has 1 aliphatic carbocycles. The number of halogens is 1. The Balaban J connectivity index is 1.23. The van der Waals surface area contributed by atoms with Crippen LogP contribution >= 0.6 is 11.6 Å². The normalized spacial score (nSPS) is 17.0. The quantitative estimate of drug-likeness (QED) is 0.286. The number of hydrogen-bond acceptors (Lipinski definition) is 4. The number of carbonyl (C=O) groups excluding carboxylic acids is 2. The van der Waals surface area contributed by atoms with Crippen molar-refractivity contribution in [2.45, 2.75) is 45.2 Å². The van der Waals surface area contributed by atoms with Crippen LogP contribution in [-0.4, -0.2) is 55.5 Å². The van der Waals surface area contributed by atoms with E-state index >= 15 is 0 Å². The summed E-state index contributed by atoms with van der Waals surface area (Å²) in [6.07, 6.45) is 5.04. The van der Waals surface area contributed by atoms with Gasteiger partial charge in [0.05, 0.1) is 33.0 Å². The van der Waals surface area contributed by atoms with Gasteiger partial charge in [0.1, 0.15) is 5.69 Å².